The van der Waals surface area contributed by atoms with Gasteiger partial charge in [-0.3, -0.25) is 9.10 Å². The molecule has 0 aromatic heterocycles. The number of hydrogen-bond acceptors (Lipinski definition) is 5. The normalized spacial score (nSPS) is 14.6. The number of hydrogen-bond donors (Lipinski definition) is 0. The lowest BCUT2D eigenvalue weighted by molar-refractivity contribution is -0.130. The minimum Gasteiger partial charge on any atom is -0.493 e. The average Bonchev–Trinajstić information content (AvgIpc) is 2.82. The van der Waals surface area contributed by atoms with Crippen LogP contribution in [0.3, 0.4) is 0 Å². The summed E-state index contributed by atoms with van der Waals surface area (Å²) in [5.74, 6) is 0.448. The summed E-state index contributed by atoms with van der Waals surface area (Å²) >= 11 is 6.00. The van der Waals surface area contributed by atoms with Gasteiger partial charge in [0.05, 0.1) is 24.8 Å². The van der Waals surface area contributed by atoms with Gasteiger partial charge in [-0.25, -0.2) is 8.42 Å². The van der Waals surface area contributed by atoms with Crippen molar-refractivity contribution >= 4 is 33.2 Å². The van der Waals surface area contributed by atoms with Crippen LogP contribution in [0.2, 0.25) is 5.02 Å². The molecule has 0 spiro atoms. The molecule has 0 saturated heterocycles. The molecule has 0 radical (unpaired) electrons. The zero-order valence-electron chi connectivity index (χ0n) is 18.6. The first-order chi connectivity index (χ1) is 15.3. The summed E-state index contributed by atoms with van der Waals surface area (Å²) in [6, 6.07) is 10.9. The van der Waals surface area contributed by atoms with Gasteiger partial charge >= 0.3 is 0 Å². The number of rotatable bonds is 8. The van der Waals surface area contributed by atoms with Gasteiger partial charge in [-0.2, -0.15) is 0 Å². The van der Waals surface area contributed by atoms with Gasteiger partial charge in [-0.1, -0.05) is 30.9 Å². The Morgan fingerprint density at radius 2 is 1.62 bits per heavy atom. The van der Waals surface area contributed by atoms with Gasteiger partial charge in [0.25, 0.3) is 10.0 Å². The molecule has 3 rings (SSSR count). The standard InChI is InChI=1S/C23H29ClN2O5S/c1-25(18-7-5-4-6-8-18)23(27)16-26(19-11-9-17(24)10-12-19)32(28,29)20-13-14-21(30-2)22(15-20)31-3/h9-15,18H,4-8,16H2,1-3H3. The highest BCUT2D eigenvalue weighted by Crippen LogP contribution is 2.32. The highest BCUT2D eigenvalue weighted by atomic mass is 35.5. The minimum absolute atomic E-state index is 0.00165. The van der Waals surface area contributed by atoms with E-state index in [0.717, 1.165) is 30.0 Å². The van der Waals surface area contributed by atoms with Gasteiger partial charge in [0.2, 0.25) is 5.91 Å². The Bertz CT molecular complexity index is 1040. The summed E-state index contributed by atoms with van der Waals surface area (Å²) in [4.78, 5) is 14.8. The second-order valence-corrected chi connectivity index (χ2v) is 10.1. The number of amides is 1. The number of halogens is 1. The van der Waals surface area contributed by atoms with Crippen molar-refractivity contribution in [2.75, 3.05) is 32.1 Å². The maximum atomic E-state index is 13.6. The van der Waals surface area contributed by atoms with Crippen LogP contribution in [0.5, 0.6) is 11.5 Å². The Labute approximate surface area is 194 Å². The fourth-order valence-corrected chi connectivity index (χ4v) is 5.49. The Kier molecular flexibility index (Phi) is 7.90. The molecule has 0 aliphatic heterocycles. The third-order valence-corrected chi connectivity index (χ3v) is 7.87. The van der Waals surface area contributed by atoms with Crippen LogP contribution < -0.4 is 13.8 Å². The van der Waals surface area contributed by atoms with Crippen molar-refractivity contribution in [2.24, 2.45) is 0 Å². The Balaban J connectivity index is 1.97. The Morgan fingerprint density at radius 1 is 1.00 bits per heavy atom. The third kappa shape index (κ3) is 5.30. The van der Waals surface area contributed by atoms with Crippen molar-refractivity contribution in [3.8, 4) is 11.5 Å². The van der Waals surface area contributed by atoms with E-state index in [0.29, 0.717) is 16.5 Å². The van der Waals surface area contributed by atoms with Crippen molar-refractivity contribution in [1.29, 1.82) is 0 Å². The summed E-state index contributed by atoms with van der Waals surface area (Å²) in [6.07, 6.45) is 5.20. The highest BCUT2D eigenvalue weighted by molar-refractivity contribution is 7.92. The lowest BCUT2D eigenvalue weighted by atomic mass is 9.94. The molecule has 0 bridgehead atoms. The first-order valence-corrected chi connectivity index (χ1v) is 12.4. The molecule has 32 heavy (non-hydrogen) atoms. The smallest absolute Gasteiger partial charge is 0.264 e. The largest absolute Gasteiger partial charge is 0.493 e. The first-order valence-electron chi connectivity index (χ1n) is 10.5. The average molecular weight is 481 g/mol. The number of benzene rings is 2. The van der Waals surface area contributed by atoms with E-state index in [1.165, 1.54) is 38.8 Å². The predicted octanol–water partition coefficient (Wildman–Crippen LogP) is 4.34. The van der Waals surface area contributed by atoms with E-state index in [1.807, 2.05) is 0 Å². The first kappa shape index (κ1) is 24.2. The molecule has 0 heterocycles. The minimum atomic E-state index is -4.08. The molecule has 2 aromatic carbocycles. The van der Waals surface area contributed by atoms with Gasteiger partial charge in [-0.15, -0.1) is 0 Å². The predicted molar refractivity (Wildman–Crippen MR) is 125 cm³/mol. The maximum Gasteiger partial charge on any atom is 0.264 e. The highest BCUT2D eigenvalue weighted by Gasteiger charge is 2.31. The third-order valence-electron chi connectivity index (χ3n) is 5.85. The summed E-state index contributed by atoms with van der Waals surface area (Å²) in [5.41, 5.74) is 0.356. The van der Waals surface area contributed by atoms with Crippen LogP contribution in [0.15, 0.2) is 47.4 Å². The SMILES string of the molecule is COc1ccc(S(=O)(=O)N(CC(=O)N(C)C2CCCCC2)c2ccc(Cl)cc2)cc1OC. The van der Waals surface area contributed by atoms with Crippen LogP contribution in [0, 0.1) is 0 Å². The number of carbonyl (C=O) groups excluding carboxylic acids is 1. The summed E-state index contributed by atoms with van der Waals surface area (Å²) in [5, 5.41) is 0.475. The second kappa shape index (κ2) is 10.4. The van der Waals surface area contributed by atoms with Crippen LogP contribution in [-0.2, 0) is 14.8 Å². The van der Waals surface area contributed by atoms with Crippen LogP contribution >= 0.6 is 11.6 Å². The van der Waals surface area contributed by atoms with Gasteiger partial charge in [-0.05, 0) is 49.2 Å². The van der Waals surface area contributed by atoms with Crippen molar-refractivity contribution in [1.82, 2.24) is 4.90 Å². The molecule has 1 aliphatic carbocycles. The van der Waals surface area contributed by atoms with E-state index in [4.69, 9.17) is 21.1 Å². The van der Waals surface area contributed by atoms with Gasteiger partial charge < -0.3 is 14.4 Å². The molecule has 2 aromatic rings. The van der Waals surface area contributed by atoms with Crippen molar-refractivity contribution < 1.29 is 22.7 Å². The zero-order valence-corrected chi connectivity index (χ0v) is 20.2. The molecular weight excluding hydrogens is 452 g/mol. The second-order valence-electron chi connectivity index (χ2n) is 7.80. The van der Waals surface area contributed by atoms with Gasteiger partial charge in [0.15, 0.2) is 11.5 Å². The number of anilines is 1. The maximum absolute atomic E-state index is 13.6. The Morgan fingerprint density at radius 3 is 2.22 bits per heavy atom. The molecule has 1 aliphatic rings. The summed E-state index contributed by atoms with van der Waals surface area (Å²) in [7, 11) is 0.591. The van der Waals surface area contributed by atoms with E-state index in [-0.39, 0.29) is 29.1 Å². The van der Waals surface area contributed by atoms with Crippen LogP contribution in [0.25, 0.3) is 0 Å². The van der Waals surface area contributed by atoms with Crippen molar-refractivity contribution in [3.63, 3.8) is 0 Å². The van der Waals surface area contributed by atoms with E-state index in [9.17, 15) is 13.2 Å². The molecule has 0 unspecified atom stereocenters. The lowest BCUT2D eigenvalue weighted by Crippen LogP contribution is -2.45. The fraction of sp³-hybridized carbons (Fsp3) is 0.435. The lowest BCUT2D eigenvalue weighted by Gasteiger charge is -2.33. The van der Waals surface area contributed by atoms with E-state index in [2.05, 4.69) is 0 Å². The topological polar surface area (TPSA) is 76.2 Å². The number of ether oxygens (including phenoxy) is 2. The number of carbonyl (C=O) groups is 1. The quantitative estimate of drug-likeness (QED) is 0.561. The number of methoxy groups -OCH3 is 2. The van der Waals surface area contributed by atoms with Crippen LogP contribution in [0.4, 0.5) is 5.69 Å². The van der Waals surface area contributed by atoms with E-state index < -0.39 is 10.0 Å². The number of nitrogens with zero attached hydrogens (tertiary/aromatic N) is 2. The fourth-order valence-electron chi connectivity index (χ4n) is 3.93. The molecule has 9 heteroatoms. The van der Waals surface area contributed by atoms with Crippen molar-refractivity contribution in [2.45, 2.75) is 43.0 Å². The Hall–Kier alpha value is -2.45. The molecule has 0 N–H and O–H groups in total. The molecule has 7 nitrogen and oxygen atoms in total. The zero-order chi connectivity index (χ0) is 23.3. The van der Waals surface area contributed by atoms with Crippen LogP contribution in [-0.4, -0.2) is 53.1 Å². The van der Waals surface area contributed by atoms with E-state index >= 15 is 0 Å². The number of likely N-dealkylation sites (N-methyl/N-ethyl adjacent to an activating group) is 1. The molecule has 174 valence electrons. The van der Waals surface area contributed by atoms with E-state index in [1.54, 1.807) is 36.2 Å². The molecule has 1 fully saturated rings. The molecular formula is C23H29ClN2O5S. The molecule has 1 saturated carbocycles. The monoisotopic (exact) mass is 480 g/mol. The van der Waals surface area contributed by atoms with Crippen molar-refractivity contribution in [3.05, 3.63) is 47.5 Å². The summed E-state index contributed by atoms with van der Waals surface area (Å²) in [6.45, 7) is -0.314. The van der Waals surface area contributed by atoms with Crippen LogP contribution in [0.1, 0.15) is 32.1 Å². The van der Waals surface area contributed by atoms with Gasteiger partial charge in [0, 0.05) is 24.2 Å². The number of sulfonamides is 1. The molecule has 0 atom stereocenters. The van der Waals surface area contributed by atoms with Gasteiger partial charge in [0.1, 0.15) is 6.54 Å². The molecule has 1 amide bonds. The summed E-state index contributed by atoms with van der Waals surface area (Å²) < 4.78 is 38.9.